The first kappa shape index (κ1) is 120. The smallest absolute Gasteiger partial charge is 0.00349 e. The van der Waals surface area contributed by atoms with E-state index in [4.69, 9.17) is 0 Å². The summed E-state index contributed by atoms with van der Waals surface area (Å²) in [5, 5.41) is 0. The maximum atomic E-state index is 4.25. The van der Waals surface area contributed by atoms with E-state index in [1.54, 1.807) is 5.56 Å². The Bertz CT molecular complexity index is 3820. The second-order valence-electron chi connectivity index (χ2n) is 48.4. The number of hydrogen-bond donors (Lipinski definition) is 0. The van der Waals surface area contributed by atoms with Crippen molar-refractivity contribution in [2.45, 2.75) is 630 Å². The van der Waals surface area contributed by atoms with Gasteiger partial charge in [-0.25, -0.2) is 0 Å². The van der Waals surface area contributed by atoms with Crippen LogP contribution >= 0.6 is 0 Å². The minimum absolute atomic E-state index is 0.0910. The minimum atomic E-state index is -0.123. The van der Waals surface area contributed by atoms with Crippen molar-refractivity contribution in [1.29, 1.82) is 0 Å². The average Bonchev–Trinajstić information content (AvgIpc) is 0.753. The third-order valence-corrected chi connectivity index (χ3v) is 34.3. The summed E-state index contributed by atoms with van der Waals surface area (Å²) >= 11 is 0. The molecule has 0 aliphatic carbocycles. The van der Waals surface area contributed by atoms with E-state index in [1.165, 1.54) is 491 Å². The Balaban J connectivity index is 1.47. The largest absolute Gasteiger partial charge is 0.0985 e. The van der Waals surface area contributed by atoms with Crippen molar-refractivity contribution in [2.24, 2.45) is 0 Å². The van der Waals surface area contributed by atoms with Crippen molar-refractivity contribution in [3.8, 4) is 0 Å². The number of unbranched alkanes of at least 4 members (excludes halogenated alkanes) is 54. The van der Waals surface area contributed by atoms with Crippen molar-refractivity contribution in [3.05, 3.63) is 219 Å². The van der Waals surface area contributed by atoms with Crippen LogP contribution in [0.4, 0.5) is 0 Å². The first-order valence-corrected chi connectivity index (χ1v) is 60.1. The predicted octanol–water partition coefficient (Wildman–Crippen LogP) is 46.0. The topological polar surface area (TPSA) is 0 Å². The summed E-state index contributed by atoms with van der Waals surface area (Å²) in [6.45, 7) is 49.2. The molecule has 0 heteroatoms. The molecule has 0 amide bonds. The maximum absolute atomic E-state index is 4.25. The van der Waals surface area contributed by atoms with Gasteiger partial charge in [-0.1, -0.05) is 668 Å². The highest BCUT2D eigenvalue weighted by Crippen LogP contribution is 2.51. The number of rotatable bonds is 86. The zero-order valence-electron chi connectivity index (χ0n) is 93.8. The molecule has 0 spiro atoms. The van der Waals surface area contributed by atoms with E-state index in [0.29, 0.717) is 17.8 Å². The van der Waals surface area contributed by atoms with Crippen LogP contribution in [-0.4, -0.2) is 0 Å². The van der Waals surface area contributed by atoms with Gasteiger partial charge in [0.2, 0.25) is 0 Å². The lowest BCUT2D eigenvalue weighted by atomic mass is 9.65. The molecule has 0 radical (unpaired) electrons. The first-order valence-electron chi connectivity index (χ1n) is 60.1. The Morgan fingerprint density at radius 1 is 0.191 bits per heavy atom. The molecule has 5 atom stereocenters. The Labute approximate surface area is 849 Å². The van der Waals surface area contributed by atoms with Crippen molar-refractivity contribution < 1.29 is 0 Å². The van der Waals surface area contributed by atoms with Crippen LogP contribution in [0, 0.1) is 0 Å². The highest BCUT2D eigenvalue weighted by atomic mass is 14.4. The number of hydrogen-bond acceptors (Lipinski definition) is 0. The molecule has 768 valence electrons. The number of benzene rings is 6. The molecule has 5 unspecified atom stereocenters. The molecule has 0 saturated heterocycles. The van der Waals surface area contributed by atoms with Gasteiger partial charge in [0.1, 0.15) is 0 Å². The molecule has 6 aromatic rings. The van der Waals surface area contributed by atoms with Gasteiger partial charge in [-0.2, -0.15) is 0 Å². The molecule has 6 rings (SSSR count). The molecular weight excluding hydrogens is 1630 g/mol. The van der Waals surface area contributed by atoms with Gasteiger partial charge in [-0.3, -0.25) is 0 Å². The van der Waals surface area contributed by atoms with Crippen LogP contribution in [0.3, 0.4) is 0 Å². The van der Waals surface area contributed by atoms with Crippen LogP contribution in [0.2, 0.25) is 0 Å². The molecule has 0 aromatic heterocycles. The molecule has 6 aromatic carbocycles. The third-order valence-electron chi connectivity index (χ3n) is 34.3. The fourth-order valence-electron chi connectivity index (χ4n) is 24.0. The molecule has 0 fully saturated rings. The summed E-state index contributed by atoms with van der Waals surface area (Å²) in [4.78, 5) is 0. The van der Waals surface area contributed by atoms with Crippen LogP contribution in [0.5, 0.6) is 0 Å². The van der Waals surface area contributed by atoms with Gasteiger partial charge in [0, 0.05) is 0 Å². The monoisotopic (exact) mass is 1860 g/mol. The quantitative estimate of drug-likeness (QED) is 0.0334. The summed E-state index contributed by atoms with van der Waals surface area (Å²) in [7, 11) is 0. The first-order chi connectivity index (χ1) is 65.8. The van der Waals surface area contributed by atoms with E-state index in [1.807, 2.05) is 6.08 Å². The van der Waals surface area contributed by atoms with E-state index in [-0.39, 0.29) is 44.3 Å². The second-order valence-corrected chi connectivity index (χ2v) is 48.4. The highest BCUT2D eigenvalue weighted by Gasteiger charge is 2.39. The molecule has 0 aliphatic heterocycles. The lowest BCUT2D eigenvalue weighted by Crippen LogP contribution is -2.28. The van der Waals surface area contributed by atoms with E-state index in [2.05, 4.69) is 277 Å². The normalized spacial score (nSPS) is 13.7. The highest BCUT2D eigenvalue weighted by molar-refractivity contribution is 5.49. The molecule has 0 saturated carbocycles. The van der Waals surface area contributed by atoms with Gasteiger partial charge in [0.15, 0.2) is 0 Å². The van der Waals surface area contributed by atoms with Gasteiger partial charge < -0.3 is 0 Å². The summed E-state index contributed by atoms with van der Waals surface area (Å²) < 4.78 is 0. The second kappa shape index (κ2) is 69.9. The molecular formula is C136H224. The summed E-state index contributed by atoms with van der Waals surface area (Å²) in [6, 6.07) is 62.0. The van der Waals surface area contributed by atoms with Gasteiger partial charge >= 0.3 is 0 Å². The Hall–Kier alpha value is -4.94. The Kier molecular flexibility index (Phi) is 61.5. The van der Waals surface area contributed by atoms with Crippen LogP contribution in [-0.2, 0) is 32.5 Å². The average molecular weight is 1860 g/mol. The SMILES string of the molecule is C=Cc1ccc(C(C)(C)CC(c2ccc(C(C)(C)C(CCCCCCCCCCCC)c3ccc(C(C)(C)CCCCCCCCCCCC)cc3)cc2)C(CCC(CCCCCCCCCCCC)c2ccc(C(C)(C)CCCCCCCCCCCC)cc2)c2ccc(C(C)(C)C(CCCCCCCCCCCC)c3ccc(C(C)(C)CCCCCCCCCCCC)cc3)cc2)cc1. The van der Waals surface area contributed by atoms with Crippen LogP contribution < -0.4 is 0 Å². The summed E-state index contributed by atoms with van der Waals surface area (Å²) in [5.41, 5.74) is 18.0. The van der Waals surface area contributed by atoms with E-state index < -0.39 is 0 Å². The lowest BCUT2D eigenvalue weighted by Gasteiger charge is -2.39. The van der Waals surface area contributed by atoms with Gasteiger partial charge in [0.05, 0.1) is 0 Å². The molecule has 0 N–H and O–H groups in total. The van der Waals surface area contributed by atoms with Gasteiger partial charge in [-0.05, 0) is 187 Å². The van der Waals surface area contributed by atoms with E-state index in [9.17, 15) is 0 Å². The summed E-state index contributed by atoms with van der Waals surface area (Å²) in [6.07, 6.45) is 95.6. The Morgan fingerprint density at radius 2 is 0.397 bits per heavy atom. The summed E-state index contributed by atoms with van der Waals surface area (Å²) in [5.74, 6) is 1.83. The molecule has 0 bridgehead atoms. The zero-order chi connectivity index (χ0) is 98.3. The third kappa shape index (κ3) is 46.2. The van der Waals surface area contributed by atoms with E-state index >= 15 is 0 Å². The van der Waals surface area contributed by atoms with Crippen LogP contribution in [0.1, 0.15) is 664 Å². The fraction of sp³-hybridized carbons (Fsp3) is 0.721. The van der Waals surface area contributed by atoms with Crippen molar-refractivity contribution in [3.63, 3.8) is 0 Å². The standard InChI is InChI=1S/C136H224/c1-20-27-33-39-45-51-57-63-69-75-81-115(116-86-99-121(100-87-116)131(8,9)110-78-72-66-60-54-48-42-36-30-23-4)96-109-127(117-88-105-125(106-89-117)135(16,17)129(82-76-70-64-58-52-46-40-34-28-21-2)119-92-101-122(102-93-119)132(10,11)111-79-73-67-61-55-49-43-37-31-24-5)128(113-134(14,15)124-97-84-114(26-7)85-98-124)118-90-107-126(108-91-118)136(18,19)130(83-77-71-65-59-53-47-41-35-29-22-3)120-94-103-123(104-95-120)133(12,13)112-80-74-68-62-56-50-44-38-32-25-6/h26,84-95,97-108,115,127-130H,7,20-25,27-83,96,109-113H2,1-6,8-19H3. The molecule has 0 heterocycles. The van der Waals surface area contributed by atoms with Gasteiger partial charge in [-0.15, -0.1) is 0 Å². The lowest BCUT2D eigenvalue weighted by molar-refractivity contribution is 0.357. The van der Waals surface area contributed by atoms with E-state index in [0.717, 1.165) is 12.8 Å². The van der Waals surface area contributed by atoms with Crippen molar-refractivity contribution in [1.82, 2.24) is 0 Å². The van der Waals surface area contributed by atoms with Crippen LogP contribution in [0.15, 0.2) is 152 Å². The fourth-order valence-corrected chi connectivity index (χ4v) is 24.0. The van der Waals surface area contributed by atoms with Crippen molar-refractivity contribution >= 4 is 6.08 Å². The predicted molar refractivity (Wildman–Crippen MR) is 613 cm³/mol. The van der Waals surface area contributed by atoms with Crippen molar-refractivity contribution in [2.75, 3.05) is 0 Å². The van der Waals surface area contributed by atoms with Crippen LogP contribution in [0.25, 0.3) is 6.08 Å². The Morgan fingerprint density at radius 3 is 0.662 bits per heavy atom. The molecule has 0 nitrogen and oxygen atoms in total. The molecule has 136 heavy (non-hydrogen) atoms. The minimum Gasteiger partial charge on any atom is -0.0985 e. The van der Waals surface area contributed by atoms with Gasteiger partial charge in [0.25, 0.3) is 0 Å². The maximum Gasteiger partial charge on any atom is -0.00349 e. The molecule has 0 aliphatic rings. The zero-order valence-corrected chi connectivity index (χ0v) is 93.8.